The molecule has 0 saturated heterocycles. The number of aryl methyl sites for hydroxylation is 2. The van der Waals surface area contributed by atoms with E-state index in [0.717, 1.165) is 58.2 Å². The third kappa shape index (κ3) is 4.31. The summed E-state index contributed by atoms with van der Waals surface area (Å²) in [4.78, 5) is 14.8. The summed E-state index contributed by atoms with van der Waals surface area (Å²) in [5.41, 5.74) is 6.36. The quantitative estimate of drug-likeness (QED) is 0.498. The molecule has 30 heavy (non-hydrogen) atoms. The maximum Gasteiger partial charge on any atom is 0.177 e. The van der Waals surface area contributed by atoms with Crippen LogP contribution in [0.4, 0.5) is 5.82 Å². The fourth-order valence-corrected chi connectivity index (χ4v) is 3.70. The van der Waals surface area contributed by atoms with E-state index < -0.39 is 0 Å². The largest absolute Gasteiger partial charge is 0.383 e. The summed E-state index contributed by atoms with van der Waals surface area (Å²) in [6.07, 6.45) is 2.03. The number of anilines is 1. The minimum absolute atomic E-state index is 0.332. The number of rotatable bonds is 9. The van der Waals surface area contributed by atoms with E-state index in [2.05, 4.69) is 45.1 Å². The van der Waals surface area contributed by atoms with Gasteiger partial charge in [-0.1, -0.05) is 27.7 Å². The molecule has 7 heteroatoms. The second-order valence-corrected chi connectivity index (χ2v) is 8.04. The van der Waals surface area contributed by atoms with E-state index in [1.165, 1.54) is 0 Å². The highest BCUT2D eigenvalue weighted by molar-refractivity contribution is 5.81. The zero-order chi connectivity index (χ0) is 21.8. The second kappa shape index (κ2) is 9.51. The summed E-state index contributed by atoms with van der Waals surface area (Å²) in [5.74, 6) is 1.16. The van der Waals surface area contributed by atoms with Crippen molar-refractivity contribution in [3.8, 4) is 11.3 Å². The van der Waals surface area contributed by atoms with Crippen LogP contribution in [0.25, 0.3) is 22.4 Å². The van der Waals surface area contributed by atoms with Crippen LogP contribution in [-0.2, 0) is 4.74 Å². The van der Waals surface area contributed by atoms with Crippen molar-refractivity contribution in [2.45, 2.75) is 66.3 Å². The molecular weight excluding hydrogens is 376 g/mol. The van der Waals surface area contributed by atoms with Gasteiger partial charge < -0.3 is 10.1 Å². The first-order valence-corrected chi connectivity index (χ1v) is 10.9. The van der Waals surface area contributed by atoms with Gasteiger partial charge in [0.05, 0.1) is 29.7 Å². The number of ether oxygens (including phenoxy) is 1. The van der Waals surface area contributed by atoms with Gasteiger partial charge in [0, 0.05) is 24.9 Å². The smallest absolute Gasteiger partial charge is 0.177 e. The molecule has 0 radical (unpaired) electrons. The molecule has 0 saturated carbocycles. The molecule has 0 fully saturated rings. The Hall–Kier alpha value is -2.54. The van der Waals surface area contributed by atoms with Gasteiger partial charge in [-0.15, -0.1) is 0 Å². The molecule has 3 aromatic rings. The van der Waals surface area contributed by atoms with E-state index in [-0.39, 0.29) is 0 Å². The number of aromatic nitrogens is 5. The van der Waals surface area contributed by atoms with Gasteiger partial charge >= 0.3 is 0 Å². The molecule has 0 bridgehead atoms. The molecule has 0 unspecified atom stereocenters. The third-order valence-electron chi connectivity index (χ3n) is 5.52. The van der Waals surface area contributed by atoms with Crippen LogP contribution in [0, 0.1) is 13.8 Å². The van der Waals surface area contributed by atoms with Crippen molar-refractivity contribution in [1.29, 1.82) is 0 Å². The second-order valence-electron chi connectivity index (χ2n) is 8.04. The molecule has 3 heterocycles. The van der Waals surface area contributed by atoms with Gasteiger partial charge in [0.1, 0.15) is 11.3 Å². The Kier molecular flexibility index (Phi) is 7.02. The van der Waals surface area contributed by atoms with E-state index in [4.69, 9.17) is 24.8 Å². The summed E-state index contributed by atoms with van der Waals surface area (Å²) >= 11 is 0. The number of nitrogens with one attached hydrogen (secondary N) is 1. The molecule has 3 aromatic heterocycles. The summed E-state index contributed by atoms with van der Waals surface area (Å²) in [6.45, 7) is 14.0. The zero-order valence-electron chi connectivity index (χ0n) is 19.3. The van der Waals surface area contributed by atoms with Gasteiger partial charge in [0.15, 0.2) is 5.65 Å². The van der Waals surface area contributed by atoms with Crippen molar-refractivity contribution in [3.63, 3.8) is 0 Å². The topological polar surface area (TPSA) is 77.8 Å². The summed E-state index contributed by atoms with van der Waals surface area (Å²) < 4.78 is 7.25. The van der Waals surface area contributed by atoms with E-state index in [1.807, 2.05) is 18.5 Å². The van der Waals surface area contributed by atoms with Crippen molar-refractivity contribution in [3.05, 3.63) is 29.2 Å². The number of hydrogen-bond donors (Lipinski definition) is 1. The highest BCUT2D eigenvalue weighted by Gasteiger charge is 2.20. The Balaban J connectivity index is 2.14. The van der Waals surface area contributed by atoms with Crippen LogP contribution in [0.5, 0.6) is 0 Å². The minimum Gasteiger partial charge on any atom is -0.383 e. The van der Waals surface area contributed by atoms with Crippen molar-refractivity contribution < 1.29 is 4.74 Å². The van der Waals surface area contributed by atoms with E-state index in [0.29, 0.717) is 25.1 Å². The number of hydrogen-bond acceptors (Lipinski definition) is 6. The molecule has 1 N–H and O–H groups in total. The van der Waals surface area contributed by atoms with E-state index >= 15 is 0 Å². The Bertz CT molecular complexity index is 1010. The molecule has 0 amide bonds. The molecule has 162 valence electrons. The SMILES string of the molecule is CCC(CC)n1nc(C)c2nc(-c3ccc(C(C)C)nc3NCCOC)c(C)nc21. The molecule has 0 aliphatic carbocycles. The zero-order valence-corrected chi connectivity index (χ0v) is 19.3. The van der Waals surface area contributed by atoms with Crippen molar-refractivity contribution >= 4 is 17.0 Å². The molecule has 3 rings (SSSR count). The average Bonchev–Trinajstić information content (AvgIpc) is 3.04. The van der Waals surface area contributed by atoms with Crippen LogP contribution in [0.15, 0.2) is 12.1 Å². The highest BCUT2D eigenvalue weighted by Crippen LogP contribution is 2.32. The van der Waals surface area contributed by atoms with Gasteiger partial charge in [-0.2, -0.15) is 5.10 Å². The fourth-order valence-electron chi connectivity index (χ4n) is 3.70. The lowest BCUT2D eigenvalue weighted by atomic mass is 10.1. The predicted octanol–water partition coefficient (Wildman–Crippen LogP) is 5.05. The van der Waals surface area contributed by atoms with Crippen LogP contribution in [0.3, 0.4) is 0 Å². The first-order valence-electron chi connectivity index (χ1n) is 10.9. The van der Waals surface area contributed by atoms with Crippen LogP contribution >= 0.6 is 0 Å². The molecule has 0 aliphatic rings. The van der Waals surface area contributed by atoms with Crippen molar-refractivity contribution in [1.82, 2.24) is 24.7 Å². The number of methoxy groups -OCH3 is 1. The molecule has 7 nitrogen and oxygen atoms in total. The maximum absolute atomic E-state index is 5.20. The lowest BCUT2D eigenvalue weighted by Gasteiger charge is -2.16. The van der Waals surface area contributed by atoms with Gasteiger partial charge in [0.25, 0.3) is 0 Å². The van der Waals surface area contributed by atoms with Gasteiger partial charge in [-0.25, -0.2) is 19.6 Å². The summed E-state index contributed by atoms with van der Waals surface area (Å²) in [7, 11) is 1.70. The fraction of sp³-hybridized carbons (Fsp3) is 0.565. The number of pyridine rings is 1. The molecule has 0 spiro atoms. The van der Waals surface area contributed by atoms with Crippen LogP contribution in [0.1, 0.15) is 69.6 Å². The lowest BCUT2D eigenvalue weighted by molar-refractivity contribution is 0.210. The van der Waals surface area contributed by atoms with Gasteiger partial charge in [-0.05, 0) is 44.7 Å². The maximum atomic E-state index is 5.20. The van der Waals surface area contributed by atoms with Crippen LogP contribution < -0.4 is 5.32 Å². The first-order chi connectivity index (χ1) is 14.4. The van der Waals surface area contributed by atoms with E-state index in [1.54, 1.807) is 7.11 Å². The van der Waals surface area contributed by atoms with Gasteiger partial charge in [0.2, 0.25) is 0 Å². The first kappa shape index (κ1) is 22.2. The third-order valence-corrected chi connectivity index (χ3v) is 5.52. The lowest BCUT2D eigenvalue weighted by Crippen LogP contribution is -2.12. The normalized spacial score (nSPS) is 11.8. The Morgan fingerprint density at radius 2 is 1.77 bits per heavy atom. The Morgan fingerprint density at radius 3 is 2.40 bits per heavy atom. The standard InChI is InChI=1S/C23H34N6O/c1-8-17(9-2)29-23-21(16(6)28-29)27-20(15(5)25-23)18-10-11-19(14(3)4)26-22(18)24-12-13-30-7/h10-11,14,17H,8-9,12-13H2,1-7H3,(H,24,26). The van der Waals surface area contributed by atoms with E-state index in [9.17, 15) is 0 Å². The van der Waals surface area contributed by atoms with Crippen LogP contribution in [-0.4, -0.2) is 45.0 Å². The van der Waals surface area contributed by atoms with Crippen LogP contribution in [0.2, 0.25) is 0 Å². The Morgan fingerprint density at radius 1 is 1.03 bits per heavy atom. The average molecular weight is 411 g/mol. The van der Waals surface area contributed by atoms with Gasteiger partial charge in [-0.3, -0.25) is 0 Å². The monoisotopic (exact) mass is 410 g/mol. The molecule has 0 aliphatic heterocycles. The molecular formula is C23H34N6O. The van der Waals surface area contributed by atoms with Crippen molar-refractivity contribution in [2.24, 2.45) is 0 Å². The number of nitrogens with zero attached hydrogens (tertiary/aromatic N) is 5. The highest BCUT2D eigenvalue weighted by atomic mass is 16.5. The summed E-state index contributed by atoms with van der Waals surface area (Å²) in [5, 5.41) is 8.19. The molecule has 0 atom stereocenters. The van der Waals surface area contributed by atoms with Crippen molar-refractivity contribution in [2.75, 3.05) is 25.6 Å². The minimum atomic E-state index is 0.332. The summed E-state index contributed by atoms with van der Waals surface area (Å²) in [6, 6.07) is 4.51. The number of fused-ring (bicyclic) bond motifs is 1. The molecule has 0 aromatic carbocycles. The Labute approximate surface area is 179 Å². The predicted molar refractivity (Wildman–Crippen MR) is 122 cm³/mol.